The highest BCUT2D eigenvalue weighted by atomic mass is 32.2. The Bertz CT molecular complexity index is 605. The summed E-state index contributed by atoms with van der Waals surface area (Å²) in [5, 5.41) is 10.3. The van der Waals surface area contributed by atoms with Gasteiger partial charge < -0.3 is 10.0 Å². The monoisotopic (exact) mass is 319 g/mol. The van der Waals surface area contributed by atoms with E-state index in [4.69, 9.17) is 5.11 Å². The Hall–Kier alpha value is -1.41. The van der Waals surface area contributed by atoms with E-state index in [1.54, 1.807) is 6.92 Å². The second-order valence-electron chi connectivity index (χ2n) is 4.51. The van der Waals surface area contributed by atoms with Crippen LogP contribution in [0.25, 0.3) is 0 Å². The first-order chi connectivity index (χ1) is 9.16. The average Bonchev–Trinajstić information content (AvgIpc) is 2.83. The summed E-state index contributed by atoms with van der Waals surface area (Å²) in [6.45, 7) is 3.20. The molecule has 0 bridgehead atoms. The fraction of sp³-hybridized carbons (Fsp3) is 0.500. The van der Waals surface area contributed by atoms with Gasteiger partial charge in [0.1, 0.15) is 10.8 Å². The maximum atomic E-state index is 12.3. The highest BCUT2D eigenvalue weighted by Gasteiger charge is 2.24. The number of thiophene rings is 1. The molecule has 1 N–H and O–H groups in total. The van der Waals surface area contributed by atoms with Crippen molar-refractivity contribution in [2.24, 2.45) is 0 Å². The number of carboxylic acid groups (broad SMARTS) is 1. The molecule has 8 heteroatoms. The summed E-state index contributed by atoms with van der Waals surface area (Å²) in [5.74, 6) is -1.56. The van der Waals surface area contributed by atoms with Gasteiger partial charge in [-0.25, -0.2) is 8.42 Å². The van der Waals surface area contributed by atoms with Crippen LogP contribution in [0.15, 0.2) is 15.7 Å². The van der Waals surface area contributed by atoms with Crippen LogP contribution in [-0.2, 0) is 14.6 Å². The summed E-state index contributed by atoms with van der Waals surface area (Å²) >= 11 is 0.958. The van der Waals surface area contributed by atoms with E-state index in [1.807, 2.05) is 6.92 Å². The molecule has 0 saturated carbocycles. The number of nitrogens with zero attached hydrogens (tertiary/aromatic N) is 1. The van der Waals surface area contributed by atoms with Gasteiger partial charge in [-0.1, -0.05) is 6.92 Å². The lowest BCUT2D eigenvalue weighted by molar-refractivity contribution is -0.138. The highest BCUT2D eigenvalue weighted by Crippen LogP contribution is 2.22. The van der Waals surface area contributed by atoms with Crippen LogP contribution in [0.2, 0.25) is 0 Å². The van der Waals surface area contributed by atoms with Crippen molar-refractivity contribution in [3.63, 3.8) is 0 Å². The summed E-state index contributed by atoms with van der Waals surface area (Å²) in [4.78, 5) is 24.4. The number of hydrogen-bond acceptors (Lipinski definition) is 5. The summed E-state index contributed by atoms with van der Waals surface area (Å²) in [6, 6.07) is 1.06. The second kappa shape index (κ2) is 6.36. The van der Waals surface area contributed by atoms with Gasteiger partial charge in [0.2, 0.25) is 0 Å². The minimum Gasteiger partial charge on any atom is -0.480 e. The lowest BCUT2D eigenvalue weighted by atomic mass is 10.2. The van der Waals surface area contributed by atoms with E-state index in [0.29, 0.717) is 6.42 Å². The molecule has 112 valence electrons. The van der Waals surface area contributed by atoms with Gasteiger partial charge in [0.25, 0.3) is 5.91 Å². The molecule has 1 aromatic heterocycles. The van der Waals surface area contributed by atoms with Gasteiger partial charge in [-0.05, 0) is 19.4 Å². The molecule has 0 radical (unpaired) electrons. The first-order valence-corrected chi connectivity index (χ1v) is 8.75. The SMILES string of the molecule is CCC(C)N(CC(=O)O)C(=O)c1csc(S(C)(=O)=O)c1. The fourth-order valence-corrected chi connectivity index (χ4v) is 3.37. The van der Waals surface area contributed by atoms with Gasteiger partial charge in [0.05, 0.1) is 5.56 Å². The smallest absolute Gasteiger partial charge is 0.323 e. The van der Waals surface area contributed by atoms with E-state index in [9.17, 15) is 18.0 Å². The number of hydrogen-bond donors (Lipinski definition) is 1. The molecule has 0 aliphatic rings. The number of rotatable bonds is 6. The highest BCUT2D eigenvalue weighted by molar-refractivity contribution is 7.92. The number of sulfone groups is 1. The Balaban J connectivity index is 3.06. The molecule has 1 rings (SSSR count). The zero-order valence-electron chi connectivity index (χ0n) is 11.5. The van der Waals surface area contributed by atoms with E-state index in [1.165, 1.54) is 16.3 Å². The van der Waals surface area contributed by atoms with Crippen LogP contribution >= 0.6 is 11.3 Å². The zero-order chi connectivity index (χ0) is 15.5. The lowest BCUT2D eigenvalue weighted by Crippen LogP contribution is -2.41. The minimum absolute atomic E-state index is 0.0975. The molecule has 20 heavy (non-hydrogen) atoms. The predicted molar refractivity (Wildman–Crippen MR) is 75.9 cm³/mol. The Morgan fingerprint density at radius 2 is 2.05 bits per heavy atom. The summed E-state index contributed by atoms with van der Waals surface area (Å²) in [7, 11) is -3.36. The molecule has 6 nitrogen and oxygen atoms in total. The van der Waals surface area contributed by atoms with Crippen LogP contribution in [0.3, 0.4) is 0 Å². The number of carbonyl (C=O) groups is 2. The fourth-order valence-electron chi connectivity index (χ4n) is 1.58. The van der Waals surface area contributed by atoms with Crippen molar-refractivity contribution in [2.75, 3.05) is 12.8 Å². The molecule has 1 heterocycles. The Kier molecular flexibility index (Phi) is 5.29. The lowest BCUT2D eigenvalue weighted by Gasteiger charge is -2.26. The van der Waals surface area contributed by atoms with Gasteiger partial charge in [-0.15, -0.1) is 11.3 Å². The Morgan fingerprint density at radius 3 is 2.45 bits per heavy atom. The van der Waals surface area contributed by atoms with Crippen molar-refractivity contribution in [2.45, 2.75) is 30.5 Å². The van der Waals surface area contributed by atoms with Gasteiger partial charge in [0.15, 0.2) is 9.84 Å². The third-order valence-corrected chi connectivity index (χ3v) is 5.64. The second-order valence-corrected chi connectivity index (χ2v) is 7.66. The summed E-state index contributed by atoms with van der Waals surface area (Å²) in [5.41, 5.74) is 0.206. The standard InChI is InChI=1S/C12H17NO5S2/c1-4-8(2)13(6-10(14)15)12(16)9-5-11(19-7-9)20(3,17)18/h5,7-8H,4,6H2,1-3H3,(H,14,15). The molecule has 0 aromatic carbocycles. The molecule has 0 saturated heterocycles. The van der Waals surface area contributed by atoms with Gasteiger partial charge in [-0.2, -0.15) is 0 Å². The number of aliphatic carboxylic acids is 1. The van der Waals surface area contributed by atoms with E-state index < -0.39 is 28.3 Å². The summed E-state index contributed by atoms with van der Waals surface area (Å²) < 4.78 is 22.9. The third-order valence-electron chi connectivity index (χ3n) is 2.88. The molecule has 1 amide bonds. The molecule has 0 aliphatic carbocycles. The van der Waals surface area contributed by atoms with Crippen LogP contribution in [0.4, 0.5) is 0 Å². The largest absolute Gasteiger partial charge is 0.480 e. The van der Waals surface area contributed by atoms with E-state index >= 15 is 0 Å². The van der Waals surface area contributed by atoms with Gasteiger partial charge in [0, 0.05) is 17.7 Å². The van der Waals surface area contributed by atoms with Crippen LogP contribution < -0.4 is 0 Å². The maximum absolute atomic E-state index is 12.3. The van der Waals surface area contributed by atoms with E-state index in [0.717, 1.165) is 17.6 Å². The van der Waals surface area contributed by atoms with Crippen molar-refractivity contribution in [3.05, 3.63) is 17.0 Å². The Morgan fingerprint density at radius 1 is 1.45 bits per heavy atom. The van der Waals surface area contributed by atoms with E-state index in [-0.39, 0.29) is 15.8 Å². The first-order valence-electron chi connectivity index (χ1n) is 5.98. The molecule has 0 spiro atoms. The van der Waals surface area contributed by atoms with Gasteiger partial charge in [-0.3, -0.25) is 9.59 Å². The molecule has 0 fully saturated rings. The average molecular weight is 319 g/mol. The number of carbonyl (C=O) groups excluding carboxylic acids is 1. The van der Waals surface area contributed by atoms with Crippen LogP contribution in [0, 0.1) is 0 Å². The van der Waals surface area contributed by atoms with Crippen LogP contribution in [0.1, 0.15) is 30.6 Å². The number of carboxylic acids is 1. The molecular formula is C12H17NO5S2. The van der Waals surface area contributed by atoms with Crippen LogP contribution in [-0.4, -0.2) is 49.1 Å². The zero-order valence-corrected chi connectivity index (χ0v) is 13.1. The number of amides is 1. The third kappa shape index (κ3) is 4.04. The molecule has 1 unspecified atom stereocenters. The van der Waals surface area contributed by atoms with Crippen molar-refractivity contribution in [3.8, 4) is 0 Å². The normalized spacial score (nSPS) is 12.9. The van der Waals surface area contributed by atoms with Crippen molar-refractivity contribution in [1.82, 2.24) is 4.90 Å². The topological polar surface area (TPSA) is 91.8 Å². The molecule has 0 aliphatic heterocycles. The van der Waals surface area contributed by atoms with Crippen LogP contribution in [0.5, 0.6) is 0 Å². The summed E-state index contributed by atoms with van der Waals surface area (Å²) in [6.07, 6.45) is 1.68. The van der Waals surface area contributed by atoms with Crippen molar-refractivity contribution in [1.29, 1.82) is 0 Å². The van der Waals surface area contributed by atoms with Crippen molar-refractivity contribution >= 4 is 33.1 Å². The minimum atomic E-state index is -3.36. The first kappa shape index (κ1) is 16.6. The molecule has 1 atom stereocenters. The van der Waals surface area contributed by atoms with Gasteiger partial charge >= 0.3 is 5.97 Å². The Labute approximate surface area is 121 Å². The maximum Gasteiger partial charge on any atom is 0.323 e. The predicted octanol–water partition coefficient (Wildman–Crippen LogP) is 1.48. The van der Waals surface area contributed by atoms with Crippen molar-refractivity contribution < 1.29 is 23.1 Å². The molecular weight excluding hydrogens is 302 g/mol. The van der Waals surface area contributed by atoms with E-state index in [2.05, 4.69) is 0 Å². The quantitative estimate of drug-likeness (QED) is 0.857. The molecule has 1 aromatic rings.